The van der Waals surface area contributed by atoms with Crippen LogP contribution in [0.15, 0.2) is 60.8 Å². The lowest BCUT2D eigenvalue weighted by molar-refractivity contribution is 0.102. The summed E-state index contributed by atoms with van der Waals surface area (Å²) in [7, 11) is 0. The van der Waals surface area contributed by atoms with Crippen LogP contribution in [-0.4, -0.2) is 15.9 Å². The average molecular weight is 339 g/mol. The number of anilines is 1. The Morgan fingerprint density at radius 2 is 1.73 bits per heavy atom. The van der Waals surface area contributed by atoms with Crippen LogP contribution < -0.4 is 5.32 Å². The molecular weight excluding hydrogens is 322 g/mol. The van der Waals surface area contributed by atoms with Gasteiger partial charge in [0.15, 0.2) is 0 Å². The first-order valence-corrected chi connectivity index (χ1v) is 8.87. The summed E-state index contributed by atoms with van der Waals surface area (Å²) in [6.45, 7) is 0. The zero-order valence-electron chi connectivity index (χ0n) is 14.2. The molecular formula is C22H17N3O. The smallest absolute Gasteiger partial charge is 0.256 e. The molecule has 0 radical (unpaired) electrons. The van der Waals surface area contributed by atoms with Crippen molar-refractivity contribution in [3.8, 4) is 0 Å². The summed E-state index contributed by atoms with van der Waals surface area (Å²) in [5, 5.41) is 4.98. The summed E-state index contributed by atoms with van der Waals surface area (Å²) in [5.74, 6) is -0.0712. The number of aryl methyl sites for hydroxylation is 1. The molecule has 5 rings (SSSR count). The Morgan fingerprint density at radius 1 is 0.885 bits per heavy atom. The third-order valence-corrected chi connectivity index (χ3v) is 5.04. The number of hydrogen-bond acceptors (Lipinski definition) is 3. The summed E-state index contributed by atoms with van der Waals surface area (Å²) < 4.78 is 0. The number of hydrogen-bond donors (Lipinski definition) is 1. The van der Waals surface area contributed by atoms with Gasteiger partial charge in [-0.05, 0) is 55.2 Å². The van der Waals surface area contributed by atoms with E-state index in [4.69, 9.17) is 4.98 Å². The van der Waals surface area contributed by atoms with Crippen molar-refractivity contribution in [3.05, 3.63) is 77.6 Å². The van der Waals surface area contributed by atoms with Crippen LogP contribution in [0.3, 0.4) is 0 Å². The minimum atomic E-state index is -0.0712. The molecule has 2 aromatic carbocycles. The standard InChI is InChI=1S/C22H17N3O/c26-22(25-18-12-4-10-17-14(18)8-5-13-23-17)21-15-6-1-2-9-19(15)24-20-11-3-7-16(20)21/h1-2,4-6,8-10,12-13H,3,7,11H2,(H,25,26). The Kier molecular flexibility index (Phi) is 3.42. The Morgan fingerprint density at radius 3 is 2.69 bits per heavy atom. The molecule has 4 nitrogen and oxygen atoms in total. The van der Waals surface area contributed by atoms with Crippen molar-refractivity contribution >= 4 is 33.4 Å². The van der Waals surface area contributed by atoms with Crippen LogP contribution >= 0.6 is 0 Å². The van der Waals surface area contributed by atoms with E-state index in [-0.39, 0.29) is 5.91 Å². The van der Waals surface area contributed by atoms with Crippen LogP contribution in [0.2, 0.25) is 0 Å². The number of fused-ring (bicyclic) bond motifs is 3. The topological polar surface area (TPSA) is 54.9 Å². The number of carbonyl (C=O) groups is 1. The second-order valence-corrected chi connectivity index (χ2v) is 6.61. The van der Waals surface area contributed by atoms with Crippen molar-refractivity contribution in [2.24, 2.45) is 0 Å². The van der Waals surface area contributed by atoms with E-state index in [1.807, 2.05) is 54.6 Å². The number of aromatic nitrogens is 2. The van der Waals surface area contributed by atoms with E-state index in [0.717, 1.165) is 63.6 Å². The average Bonchev–Trinajstić information content (AvgIpc) is 3.14. The van der Waals surface area contributed by atoms with Gasteiger partial charge in [0, 0.05) is 22.7 Å². The molecule has 1 N–H and O–H groups in total. The summed E-state index contributed by atoms with van der Waals surface area (Å²) in [4.78, 5) is 22.4. The Bertz CT molecular complexity index is 1160. The summed E-state index contributed by atoms with van der Waals surface area (Å²) >= 11 is 0. The molecule has 1 aliphatic rings. The highest BCUT2D eigenvalue weighted by Crippen LogP contribution is 2.31. The molecule has 0 aliphatic heterocycles. The minimum Gasteiger partial charge on any atom is -0.321 e. The fraction of sp³-hybridized carbons (Fsp3) is 0.136. The second kappa shape index (κ2) is 5.92. The molecule has 0 unspecified atom stereocenters. The van der Waals surface area contributed by atoms with Crippen LogP contribution in [-0.2, 0) is 12.8 Å². The number of amides is 1. The van der Waals surface area contributed by atoms with Crippen molar-refractivity contribution in [2.75, 3.05) is 5.32 Å². The fourth-order valence-electron chi connectivity index (χ4n) is 3.87. The number of para-hydroxylation sites is 1. The van der Waals surface area contributed by atoms with Gasteiger partial charge in [-0.3, -0.25) is 14.8 Å². The summed E-state index contributed by atoms with van der Waals surface area (Å²) in [6.07, 6.45) is 4.67. The highest BCUT2D eigenvalue weighted by Gasteiger charge is 2.24. The van der Waals surface area contributed by atoms with Gasteiger partial charge in [-0.1, -0.05) is 24.3 Å². The Balaban J connectivity index is 1.65. The first kappa shape index (κ1) is 15.0. The maximum absolute atomic E-state index is 13.3. The van der Waals surface area contributed by atoms with Gasteiger partial charge in [0.1, 0.15) is 0 Å². The van der Waals surface area contributed by atoms with Gasteiger partial charge in [-0.2, -0.15) is 0 Å². The third-order valence-electron chi connectivity index (χ3n) is 5.04. The zero-order chi connectivity index (χ0) is 17.5. The first-order valence-electron chi connectivity index (χ1n) is 8.87. The maximum atomic E-state index is 13.3. The predicted octanol–water partition coefficient (Wildman–Crippen LogP) is 4.52. The maximum Gasteiger partial charge on any atom is 0.256 e. The van der Waals surface area contributed by atoms with Crippen LogP contribution in [0.4, 0.5) is 5.69 Å². The normalized spacial score (nSPS) is 13.1. The van der Waals surface area contributed by atoms with Gasteiger partial charge >= 0.3 is 0 Å². The van der Waals surface area contributed by atoms with Gasteiger partial charge in [0.2, 0.25) is 0 Å². The van der Waals surface area contributed by atoms with Crippen LogP contribution in [0, 0.1) is 0 Å². The molecule has 4 aromatic rings. The fourth-order valence-corrected chi connectivity index (χ4v) is 3.87. The molecule has 2 heterocycles. The predicted molar refractivity (Wildman–Crippen MR) is 103 cm³/mol. The highest BCUT2D eigenvalue weighted by molar-refractivity contribution is 6.15. The molecule has 0 saturated heterocycles. The third kappa shape index (κ3) is 2.34. The molecule has 0 spiro atoms. The molecule has 26 heavy (non-hydrogen) atoms. The molecule has 0 fully saturated rings. The lowest BCUT2D eigenvalue weighted by Gasteiger charge is -2.13. The van der Waals surface area contributed by atoms with E-state index >= 15 is 0 Å². The van der Waals surface area contributed by atoms with E-state index in [2.05, 4.69) is 10.3 Å². The number of rotatable bonds is 2. The van der Waals surface area contributed by atoms with Crippen molar-refractivity contribution in [1.82, 2.24) is 9.97 Å². The SMILES string of the molecule is O=C(Nc1cccc2ncccc12)c1c2c(nc3ccccc13)CCC2. The summed E-state index contributed by atoms with van der Waals surface area (Å²) in [6, 6.07) is 17.5. The van der Waals surface area contributed by atoms with Crippen LogP contribution in [0.5, 0.6) is 0 Å². The summed E-state index contributed by atoms with van der Waals surface area (Å²) in [5.41, 5.74) is 5.47. The molecule has 4 heteroatoms. The number of benzene rings is 2. The highest BCUT2D eigenvalue weighted by atomic mass is 16.1. The number of nitrogens with one attached hydrogen (secondary N) is 1. The quantitative estimate of drug-likeness (QED) is 0.584. The van der Waals surface area contributed by atoms with Gasteiger partial charge in [0.05, 0.1) is 22.3 Å². The van der Waals surface area contributed by atoms with E-state index < -0.39 is 0 Å². The van der Waals surface area contributed by atoms with Gasteiger partial charge in [0.25, 0.3) is 5.91 Å². The van der Waals surface area contributed by atoms with Crippen molar-refractivity contribution in [3.63, 3.8) is 0 Å². The molecule has 0 bridgehead atoms. The number of pyridine rings is 2. The van der Waals surface area contributed by atoms with Gasteiger partial charge in [-0.15, -0.1) is 0 Å². The van der Waals surface area contributed by atoms with E-state index in [0.29, 0.717) is 0 Å². The lowest BCUT2D eigenvalue weighted by atomic mass is 10.0. The second-order valence-electron chi connectivity index (χ2n) is 6.61. The van der Waals surface area contributed by atoms with E-state index in [9.17, 15) is 4.79 Å². The van der Waals surface area contributed by atoms with E-state index in [1.54, 1.807) is 6.20 Å². The molecule has 0 atom stereocenters. The van der Waals surface area contributed by atoms with Gasteiger partial charge in [-0.25, -0.2) is 0 Å². The number of nitrogens with zero attached hydrogens (tertiary/aromatic N) is 2. The number of carbonyl (C=O) groups excluding carboxylic acids is 1. The molecule has 1 aliphatic carbocycles. The molecule has 1 amide bonds. The lowest BCUT2D eigenvalue weighted by Crippen LogP contribution is -2.16. The van der Waals surface area contributed by atoms with Crippen LogP contribution in [0.1, 0.15) is 28.0 Å². The first-order chi connectivity index (χ1) is 12.8. The minimum absolute atomic E-state index is 0.0712. The zero-order valence-corrected chi connectivity index (χ0v) is 14.2. The largest absolute Gasteiger partial charge is 0.321 e. The van der Waals surface area contributed by atoms with E-state index in [1.165, 1.54) is 0 Å². The molecule has 2 aromatic heterocycles. The Hall–Kier alpha value is -3.27. The molecule has 0 saturated carbocycles. The molecule has 126 valence electrons. The van der Waals surface area contributed by atoms with Gasteiger partial charge < -0.3 is 5.32 Å². The van der Waals surface area contributed by atoms with Crippen molar-refractivity contribution in [2.45, 2.75) is 19.3 Å². The monoisotopic (exact) mass is 339 g/mol. The van der Waals surface area contributed by atoms with Crippen molar-refractivity contribution in [1.29, 1.82) is 0 Å². The Labute approximate surface area is 150 Å². The van der Waals surface area contributed by atoms with Crippen molar-refractivity contribution < 1.29 is 4.79 Å². The van der Waals surface area contributed by atoms with Crippen LogP contribution in [0.25, 0.3) is 21.8 Å².